The molecule has 2 amide bonds. The van der Waals surface area contributed by atoms with Gasteiger partial charge < -0.3 is 20.1 Å². The van der Waals surface area contributed by atoms with Crippen molar-refractivity contribution in [2.24, 2.45) is 5.92 Å². The second-order valence-electron chi connectivity index (χ2n) is 6.34. The number of hydrogen-bond acceptors (Lipinski definition) is 6. The first-order chi connectivity index (χ1) is 12.3. The number of anilines is 1. The zero-order valence-electron chi connectivity index (χ0n) is 14.4. The lowest BCUT2D eigenvalue weighted by Gasteiger charge is -2.30. The Morgan fingerprint density at radius 1 is 1.15 bits per heavy atom. The van der Waals surface area contributed by atoms with Crippen molar-refractivity contribution >= 4 is 27.5 Å². The Labute approximate surface area is 151 Å². The van der Waals surface area contributed by atoms with Gasteiger partial charge in [-0.1, -0.05) is 0 Å². The summed E-state index contributed by atoms with van der Waals surface area (Å²) in [5, 5.41) is 5.12. The quantitative estimate of drug-likeness (QED) is 0.715. The van der Waals surface area contributed by atoms with Gasteiger partial charge >= 0.3 is 11.8 Å². The first-order valence-electron chi connectivity index (χ1n) is 8.27. The molecule has 1 aromatic rings. The molecule has 2 heterocycles. The molecule has 10 heteroatoms. The predicted molar refractivity (Wildman–Crippen MR) is 93.3 cm³/mol. The van der Waals surface area contributed by atoms with Crippen LogP contribution >= 0.6 is 0 Å². The fourth-order valence-electron chi connectivity index (χ4n) is 2.92. The second-order valence-corrected chi connectivity index (χ2v) is 8.32. The number of rotatable bonds is 4. The molecule has 0 saturated carbocycles. The largest absolute Gasteiger partial charge is 0.454 e. The lowest BCUT2D eigenvalue weighted by Crippen LogP contribution is -2.43. The van der Waals surface area contributed by atoms with Gasteiger partial charge in [-0.05, 0) is 30.9 Å². The summed E-state index contributed by atoms with van der Waals surface area (Å²) >= 11 is 0. The lowest BCUT2D eigenvalue weighted by atomic mass is 9.98. The number of hydrogen-bond donors (Lipinski definition) is 2. The molecule has 2 N–H and O–H groups in total. The van der Waals surface area contributed by atoms with E-state index in [1.165, 1.54) is 10.6 Å². The molecule has 2 aliphatic heterocycles. The Morgan fingerprint density at radius 3 is 2.54 bits per heavy atom. The fraction of sp³-hybridized carbons (Fsp3) is 0.500. The van der Waals surface area contributed by atoms with E-state index in [1.54, 1.807) is 18.2 Å². The van der Waals surface area contributed by atoms with Crippen LogP contribution in [0.5, 0.6) is 11.5 Å². The number of amides is 2. The van der Waals surface area contributed by atoms with Crippen molar-refractivity contribution in [2.45, 2.75) is 12.8 Å². The first kappa shape index (κ1) is 18.5. The maximum atomic E-state index is 12.0. The highest BCUT2D eigenvalue weighted by Gasteiger charge is 2.25. The van der Waals surface area contributed by atoms with Crippen LogP contribution in [-0.4, -0.2) is 57.2 Å². The molecule has 0 radical (unpaired) electrons. The monoisotopic (exact) mass is 383 g/mol. The van der Waals surface area contributed by atoms with Crippen LogP contribution in [0.4, 0.5) is 5.69 Å². The summed E-state index contributed by atoms with van der Waals surface area (Å²) in [4.78, 5) is 23.9. The molecule has 0 aromatic heterocycles. The molecule has 0 spiro atoms. The van der Waals surface area contributed by atoms with E-state index in [4.69, 9.17) is 9.47 Å². The summed E-state index contributed by atoms with van der Waals surface area (Å²) in [5.41, 5.74) is 0.441. The van der Waals surface area contributed by atoms with Crippen LogP contribution in [0.2, 0.25) is 0 Å². The van der Waals surface area contributed by atoms with Crippen molar-refractivity contribution in [3.8, 4) is 11.5 Å². The van der Waals surface area contributed by atoms with E-state index in [0.717, 1.165) is 0 Å². The summed E-state index contributed by atoms with van der Waals surface area (Å²) in [5.74, 6) is -0.241. The van der Waals surface area contributed by atoms with Crippen LogP contribution < -0.4 is 20.1 Å². The van der Waals surface area contributed by atoms with Gasteiger partial charge in [0.05, 0.1) is 6.26 Å². The van der Waals surface area contributed by atoms with E-state index >= 15 is 0 Å². The average Bonchev–Trinajstić information content (AvgIpc) is 3.07. The molecule has 1 aromatic carbocycles. The van der Waals surface area contributed by atoms with Crippen molar-refractivity contribution in [1.29, 1.82) is 0 Å². The predicted octanol–water partition coefficient (Wildman–Crippen LogP) is 0.142. The van der Waals surface area contributed by atoms with Crippen molar-refractivity contribution in [3.63, 3.8) is 0 Å². The highest BCUT2D eigenvalue weighted by molar-refractivity contribution is 7.88. The number of carbonyl (C=O) groups is 2. The van der Waals surface area contributed by atoms with Gasteiger partial charge in [-0.25, -0.2) is 12.7 Å². The lowest BCUT2D eigenvalue weighted by molar-refractivity contribution is -0.136. The minimum Gasteiger partial charge on any atom is -0.454 e. The smallest absolute Gasteiger partial charge is 0.313 e. The molecule has 0 aliphatic carbocycles. The summed E-state index contributed by atoms with van der Waals surface area (Å²) in [6.45, 7) is 1.34. The Balaban J connectivity index is 1.44. The van der Waals surface area contributed by atoms with E-state index in [0.29, 0.717) is 49.7 Å². The first-order valence-corrected chi connectivity index (χ1v) is 10.1. The van der Waals surface area contributed by atoms with E-state index in [1.807, 2.05) is 0 Å². The van der Waals surface area contributed by atoms with E-state index in [9.17, 15) is 18.0 Å². The third-order valence-corrected chi connectivity index (χ3v) is 5.73. The van der Waals surface area contributed by atoms with Crippen molar-refractivity contribution in [3.05, 3.63) is 18.2 Å². The molecule has 1 fully saturated rings. The summed E-state index contributed by atoms with van der Waals surface area (Å²) < 4.78 is 34.8. The summed E-state index contributed by atoms with van der Waals surface area (Å²) in [6.07, 6.45) is 2.49. The zero-order valence-corrected chi connectivity index (χ0v) is 15.2. The molecule has 2 aliphatic rings. The molecule has 0 atom stereocenters. The topological polar surface area (TPSA) is 114 Å². The molecule has 3 rings (SSSR count). The van der Waals surface area contributed by atoms with Crippen LogP contribution in [-0.2, 0) is 19.6 Å². The number of piperidine rings is 1. The number of carbonyl (C=O) groups excluding carboxylic acids is 2. The minimum atomic E-state index is -3.17. The number of nitrogens with one attached hydrogen (secondary N) is 2. The Morgan fingerprint density at radius 2 is 1.85 bits per heavy atom. The molecule has 0 bridgehead atoms. The second kappa shape index (κ2) is 7.50. The summed E-state index contributed by atoms with van der Waals surface area (Å²) in [7, 11) is -3.17. The van der Waals surface area contributed by atoms with Crippen LogP contribution in [0.15, 0.2) is 18.2 Å². The van der Waals surface area contributed by atoms with Gasteiger partial charge in [0.15, 0.2) is 11.5 Å². The van der Waals surface area contributed by atoms with Crippen LogP contribution in [0.25, 0.3) is 0 Å². The maximum absolute atomic E-state index is 12.0. The molecule has 0 unspecified atom stereocenters. The molecular formula is C16H21N3O6S. The molecule has 26 heavy (non-hydrogen) atoms. The SMILES string of the molecule is CS(=O)(=O)N1CCC(CNC(=O)C(=O)Nc2ccc3c(c2)OCO3)CC1. The third kappa shape index (κ3) is 4.44. The van der Waals surface area contributed by atoms with Gasteiger partial charge in [-0.15, -0.1) is 0 Å². The van der Waals surface area contributed by atoms with Gasteiger partial charge in [0.1, 0.15) is 0 Å². The number of fused-ring (bicyclic) bond motifs is 1. The number of benzene rings is 1. The van der Waals surface area contributed by atoms with Crippen LogP contribution in [0.1, 0.15) is 12.8 Å². The van der Waals surface area contributed by atoms with Crippen molar-refractivity contribution in [2.75, 3.05) is 38.0 Å². The van der Waals surface area contributed by atoms with Crippen molar-refractivity contribution < 1.29 is 27.5 Å². The van der Waals surface area contributed by atoms with Crippen LogP contribution in [0, 0.1) is 5.92 Å². The zero-order chi connectivity index (χ0) is 18.7. The Kier molecular flexibility index (Phi) is 5.33. The van der Waals surface area contributed by atoms with E-state index < -0.39 is 21.8 Å². The average molecular weight is 383 g/mol. The van der Waals surface area contributed by atoms with Gasteiger partial charge in [0.25, 0.3) is 0 Å². The normalized spacial score (nSPS) is 17.7. The number of nitrogens with zero attached hydrogens (tertiary/aromatic N) is 1. The van der Waals surface area contributed by atoms with Crippen molar-refractivity contribution in [1.82, 2.24) is 9.62 Å². The molecular weight excluding hydrogens is 362 g/mol. The van der Waals surface area contributed by atoms with Gasteiger partial charge in [0.2, 0.25) is 16.8 Å². The van der Waals surface area contributed by atoms with Crippen LogP contribution in [0.3, 0.4) is 0 Å². The Bertz CT molecular complexity index is 802. The van der Waals surface area contributed by atoms with Gasteiger partial charge in [-0.2, -0.15) is 0 Å². The highest BCUT2D eigenvalue weighted by Crippen LogP contribution is 2.34. The number of sulfonamides is 1. The van der Waals surface area contributed by atoms with E-state index in [2.05, 4.69) is 10.6 Å². The maximum Gasteiger partial charge on any atom is 0.313 e. The fourth-order valence-corrected chi connectivity index (χ4v) is 3.80. The standard InChI is InChI=1S/C16H21N3O6S/c1-26(22,23)19-6-4-11(5-7-19)9-17-15(20)16(21)18-12-2-3-13-14(8-12)25-10-24-13/h2-3,8,11H,4-7,9-10H2,1H3,(H,17,20)(H,18,21). The van der Waals surface area contributed by atoms with Gasteiger partial charge in [0, 0.05) is 31.4 Å². The molecule has 142 valence electrons. The number of ether oxygens (including phenoxy) is 2. The van der Waals surface area contributed by atoms with E-state index in [-0.39, 0.29) is 12.7 Å². The Hall–Kier alpha value is -2.33. The third-order valence-electron chi connectivity index (χ3n) is 4.43. The highest BCUT2D eigenvalue weighted by atomic mass is 32.2. The molecule has 9 nitrogen and oxygen atoms in total. The minimum absolute atomic E-state index is 0.130. The summed E-state index contributed by atoms with van der Waals surface area (Å²) in [6, 6.07) is 4.87. The van der Waals surface area contributed by atoms with Gasteiger partial charge in [-0.3, -0.25) is 9.59 Å². The molecule has 1 saturated heterocycles.